The molecule has 2 rings (SSSR count). The molecule has 23 heavy (non-hydrogen) atoms. The Morgan fingerprint density at radius 3 is 2.22 bits per heavy atom. The fourth-order valence-electron chi connectivity index (χ4n) is 3.41. The normalized spacial score (nSPS) is 25.0. The van der Waals surface area contributed by atoms with Crippen molar-refractivity contribution in [3.05, 3.63) is 12.2 Å². The van der Waals surface area contributed by atoms with Crippen LogP contribution in [0.3, 0.4) is 0 Å². The minimum Gasteiger partial charge on any atom is -0.395 e. The van der Waals surface area contributed by atoms with Gasteiger partial charge in [-0.2, -0.15) is 0 Å². The van der Waals surface area contributed by atoms with Gasteiger partial charge in [-0.25, -0.2) is 0 Å². The number of hydrogen-bond donors (Lipinski definition) is 1. The number of nitrogens with zero attached hydrogens (tertiary/aromatic N) is 2. The van der Waals surface area contributed by atoms with Crippen LogP contribution >= 0.6 is 0 Å². The Morgan fingerprint density at radius 2 is 1.78 bits per heavy atom. The van der Waals surface area contributed by atoms with Gasteiger partial charge in [-0.3, -0.25) is 19.3 Å². The highest BCUT2D eigenvalue weighted by molar-refractivity contribution is 6.08. The highest BCUT2D eigenvalue weighted by atomic mass is 16.3. The lowest BCUT2D eigenvalue weighted by Gasteiger charge is -2.30. The summed E-state index contributed by atoms with van der Waals surface area (Å²) < 4.78 is 0. The number of imide groups is 1. The molecule has 1 heterocycles. The van der Waals surface area contributed by atoms with E-state index in [1.54, 1.807) is 7.05 Å². The zero-order valence-electron chi connectivity index (χ0n) is 14.1. The molecule has 3 atom stereocenters. The summed E-state index contributed by atoms with van der Waals surface area (Å²) >= 11 is 0. The van der Waals surface area contributed by atoms with Crippen molar-refractivity contribution in [2.24, 2.45) is 17.8 Å². The van der Waals surface area contributed by atoms with Gasteiger partial charge in [0.15, 0.2) is 0 Å². The first-order chi connectivity index (χ1) is 10.9. The number of aliphatic hydroxyl groups is 1. The van der Waals surface area contributed by atoms with Crippen molar-refractivity contribution in [1.29, 1.82) is 0 Å². The van der Waals surface area contributed by atoms with E-state index < -0.39 is 6.04 Å². The van der Waals surface area contributed by atoms with Gasteiger partial charge in [-0.15, -0.1) is 0 Å². The molecule has 1 fully saturated rings. The second-order valence-electron chi connectivity index (χ2n) is 6.83. The summed E-state index contributed by atoms with van der Waals surface area (Å²) in [6, 6.07) is -0.767. The van der Waals surface area contributed by atoms with Crippen molar-refractivity contribution in [1.82, 2.24) is 9.80 Å². The second-order valence-corrected chi connectivity index (χ2v) is 6.83. The molecule has 0 aromatic rings. The van der Waals surface area contributed by atoms with E-state index in [4.69, 9.17) is 5.11 Å². The third-order valence-electron chi connectivity index (χ3n) is 4.64. The number of fused-ring (bicyclic) bond motifs is 1. The number of likely N-dealkylation sites (N-methyl/N-ethyl adjacent to an activating group) is 1. The monoisotopic (exact) mass is 322 g/mol. The molecule has 1 aliphatic heterocycles. The quantitative estimate of drug-likeness (QED) is 0.580. The Balaban J connectivity index is 2.26. The molecule has 1 aliphatic carbocycles. The topological polar surface area (TPSA) is 77.9 Å². The van der Waals surface area contributed by atoms with Crippen LogP contribution in [0.1, 0.15) is 33.1 Å². The van der Waals surface area contributed by atoms with Crippen LogP contribution in [0, 0.1) is 17.8 Å². The van der Waals surface area contributed by atoms with E-state index in [1.165, 1.54) is 9.80 Å². The van der Waals surface area contributed by atoms with Gasteiger partial charge in [0, 0.05) is 13.6 Å². The van der Waals surface area contributed by atoms with Crippen LogP contribution in [0.5, 0.6) is 0 Å². The molecule has 6 heteroatoms. The van der Waals surface area contributed by atoms with Gasteiger partial charge in [0.2, 0.25) is 17.7 Å². The average molecular weight is 322 g/mol. The number of carbonyl (C=O) groups is 3. The Labute approximate surface area is 137 Å². The van der Waals surface area contributed by atoms with Gasteiger partial charge in [-0.05, 0) is 25.2 Å². The van der Waals surface area contributed by atoms with Gasteiger partial charge in [0.05, 0.1) is 18.4 Å². The summed E-state index contributed by atoms with van der Waals surface area (Å²) in [4.78, 5) is 40.7. The summed E-state index contributed by atoms with van der Waals surface area (Å²) in [6.07, 6.45) is 5.46. The summed E-state index contributed by atoms with van der Waals surface area (Å²) in [7, 11) is 1.59. The molecule has 0 spiro atoms. The maximum Gasteiger partial charge on any atom is 0.245 e. The predicted octanol–water partition coefficient (Wildman–Crippen LogP) is 0.803. The number of amides is 3. The maximum absolute atomic E-state index is 12.7. The van der Waals surface area contributed by atoms with Gasteiger partial charge in [-0.1, -0.05) is 26.0 Å². The molecule has 0 bridgehead atoms. The lowest BCUT2D eigenvalue weighted by molar-refractivity contribution is -0.151. The van der Waals surface area contributed by atoms with Gasteiger partial charge < -0.3 is 10.0 Å². The van der Waals surface area contributed by atoms with E-state index >= 15 is 0 Å². The third-order valence-corrected chi connectivity index (χ3v) is 4.64. The van der Waals surface area contributed by atoms with Gasteiger partial charge in [0.1, 0.15) is 6.04 Å². The molecule has 2 aliphatic rings. The predicted molar refractivity (Wildman–Crippen MR) is 85.2 cm³/mol. The van der Waals surface area contributed by atoms with Crippen LogP contribution in [0.4, 0.5) is 0 Å². The molecule has 0 radical (unpaired) electrons. The SMILES string of the molecule is CC(C)C[C@@H](C(=O)N(C)CCO)N1C(=O)[C@H]2CC=CC[C@H]2C1=O. The average Bonchev–Trinajstić information content (AvgIpc) is 2.76. The molecule has 1 saturated heterocycles. The maximum atomic E-state index is 12.7. The standard InChI is InChI=1S/C17H26N2O4/c1-11(2)10-14(17(23)18(3)8-9-20)19-15(21)12-6-4-5-7-13(12)16(19)22/h4-5,11-14,20H,6-10H2,1-3H3/t12-,13+,14-/m0/s1. The number of allylic oxidation sites excluding steroid dienone is 2. The first-order valence-corrected chi connectivity index (χ1v) is 8.26. The number of aliphatic hydroxyl groups excluding tert-OH is 1. The number of rotatable bonds is 6. The van der Waals surface area contributed by atoms with E-state index in [0.717, 1.165) is 0 Å². The molecular formula is C17H26N2O4. The fraction of sp³-hybridized carbons (Fsp3) is 0.706. The third kappa shape index (κ3) is 3.47. The van der Waals surface area contributed by atoms with E-state index in [0.29, 0.717) is 19.3 Å². The first kappa shape index (κ1) is 17.7. The number of likely N-dealkylation sites (tertiary alicyclic amines) is 1. The Morgan fingerprint density at radius 1 is 1.26 bits per heavy atom. The molecule has 0 aromatic carbocycles. The van der Waals surface area contributed by atoms with E-state index in [-0.39, 0.29) is 48.6 Å². The van der Waals surface area contributed by atoms with Crippen molar-refractivity contribution in [3.63, 3.8) is 0 Å². The van der Waals surface area contributed by atoms with Crippen molar-refractivity contribution >= 4 is 17.7 Å². The highest BCUT2D eigenvalue weighted by Gasteiger charge is 2.51. The lowest BCUT2D eigenvalue weighted by atomic mass is 9.85. The van der Waals surface area contributed by atoms with Gasteiger partial charge >= 0.3 is 0 Å². The highest BCUT2D eigenvalue weighted by Crippen LogP contribution is 2.37. The van der Waals surface area contributed by atoms with E-state index in [2.05, 4.69) is 0 Å². The molecule has 0 saturated carbocycles. The smallest absolute Gasteiger partial charge is 0.245 e. The number of carbonyl (C=O) groups excluding carboxylic acids is 3. The molecule has 0 unspecified atom stereocenters. The van der Waals surface area contributed by atoms with Crippen LogP contribution in [0.2, 0.25) is 0 Å². The van der Waals surface area contributed by atoms with Crippen LogP contribution in [0.25, 0.3) is 0 Å². The molecule has 1 N–H and O–H groups in total. The molecule has 128 valence electrons. The second kappa shape index (κ2) is 7.25. The molecule has 0 aromatic heterocycles. The van der Waals surface area contributed by atoms with Gasteiger partial charge in [0.25, 0.3) is 0 Å². The van der Waals surface area contributed by atoms with Crippen molar-refractivity contribution in [3.8, 4) is 0 Å². The number of hydrogen-bond acceptors (Lipinski definition) is 4. The Kier molecular flexibility index (Phi) is 5.57. The van der Waals surface area contributed by atoms with E-state index in [1.807, 2.05) is 26.0 Å². The van der Waals surface area contributed by atoms with Crippen LogP contribution < -0.4 is 0 Å². The van der Waals surface area contributed by atoms with Crippen LogP contribution in [-0.2, 0) is 14.4 Å². The largest absolute Gasteiger partial charge is 0.395 e. The minimum atomic E-state index is -0.767. The van der Waals surface area contributed by atoms with Crippen LogP contribution in [0.15, 0.2) is 12.2 Å². The van der Waals surface area contributed by atoms with Crippen molar-refractivity contribution in [2.45, 2.75) is 39.2 Å². The zero-order chi connectivity index (χ0) is 17.1. The molecular weight excluding hydrogens is 296 g/mol. The summed E-state index contributed by atoms with van der Waals surface area (Å²) in [5.41, 5.74) is 0. The lowest BCUT2D eigenvalue weighted by Crippen LogP contribution is -2.51. The first-order valence-electron chi connectivity index (χ1n) is 8.26. The Hall–Kier alpha value is -1.69. The zero-order valence-corrected chi connectivity index (χ0v) is 14.1. The Bertz CT molecular complexity index is 489. The summed E-state index contributed by atoms with van der Waals surface area (Å²) in [5.74, 6) is -1.19. The molecule has 3 amide bonds. The van der Waals surface area contributed by atoms with Crippen LogP contribution in [-0.4, -0.2) is 58.9 Å². The minimum absolute atomic E-state index is 0.145. The van der Waals surface area contributed by atoms with Crippen molar-refractivity contribution < 1.29 is 19.5 Å². The fourth-order valence-corrected chi connectivity index (χ4v) is 3.41. The summed E-state index contributed by atoms with van der Waals surface area (Å²) in [6.45, 7) is 3.98. The summed E-state index contributed by atoms with van der Waals surface area (Å²) in [5, 5.41) is 9.04. The van der Waals surface area contributed by atoms with E-state index in [9.17, 15) is 14.4 Å². The van der Waals surface area contributed by atoms with Crippen molar-refractivity contribution in [2.75, 3.05) is 20.2 Å². The molecule has 6 nitrogen and oxygen atoms in total.